The van der Waals surface area contributed by atoms with Gasteiger partial charge in [0.2, 0.25) is 0 Å². The summed E-state index contributed by atoms with van der Waals surface area (Å²) >= 11 is 0. The Labute approximate surface area is 80.2 Å². The van der Waals surface area contributed by atoms with E-state index in [1.165, 1.54) is 0 Å². The molecule has 0 spiro atoms. The number of piperazine rings is 1. The second kappa shape index (κ2) is 5.12. The lowest BCUT2D eigenvalue weighted by molar-refractivity contribution is 0.0840. The smallest absolute Gasteiger partial charge is 0.409 e. The van der Waals surface area contributed by atoms with E-state index in [-0.39, 0.29) is 6.09 Å². The van der Waals surface area contributed by atoms with Crippen LogP contribution in [0.5, 0.6) is 0 Å². The Morgan fingerprint density at radius 3 is 2.46 bits per heavy atom. The molecule has 5 heteroatoms. The van der Waals surface area contributed by atoms with Crippen molar-refractivity contribution in [3.8, 4) is 0 Å². The minimum Gasteiger partial charge on any atom is -0.450 e. The molecule has 2 radical (unpaired) electrons. The van der Waals surface area contributed by atoms with Crippen LogP contribution in [0.25, 0.3) is 0 Å². The van der Waals surface area contributed by atoms with Gasteiger partial charge in [0.15, 0.2) is 0 Å². The first-order chi connectivity index (χ1) is 6.27. The van der Waals surface area contributed by atoms with E-state index in [2.05, 4.69) is 4.90 Å². The van der Waals surface area contributed by atoms with Gasteiger partial charge in [-0.15, -0.1) is 0 Å². The molecule has 13 heavy (non-hydrogen) atoms. The van der Waals surface area contributed by atoms with E-state index in [0.717, 1.165) is 26.2 Å². The summed E-state index contributed by atoms with van der Waals surface area (Å²) in [7, 11) is 5.47. The van der Waals surface area contributed by atoms with Gasteiger partial charge in [-0.25, -0.2) is 4.79 Å². The van der Waals surface area contributed by atoms with Crippen LogP contribution in [0.3, 0.4) is 0 Å². The average Bonchev–Trinajstić information content (AvgIpc) is 2.18. The quantitative estimate of drug-likeness (QED) is 0.558. The molecule has 1 aliphatic rings. The summed E-state index contributed by atoms with van der Waals surface area (Å²) in [5.74, 6) is 0. The molecular weight excluding hydrogens is 167 g/mol. The Bertz CT molecular complexity index is 170. The predicted molar refractivity (Wildman–Crippen MR) is 50.8 cm³/mol. The van der Waals surface area contributed by atoms with E-state index in [4.69, 9.17) is 12.6 Å². The standard InChI is InChI=1S/C8H15BN2O2/c1-2-13-8(12)11-5-3-10(7-9)4-6-11/h2-7H2,1H3. The molecule has 0 unspecified atom stereocenters. The fourth-order valence-electron chi connectivity index (χ4n) is 1.33. The lowest BCUT2D eigenvalue weighted by Crippen LogP contribution is -2.49. The monoisotopic (exact) mass is 182 g/mol. The molecule has 0 aromatic carbocycles. The minimum absolute atomic E-state index is 0.209. The molecule has 0 aromatic rings. The minimum atomic E-state index is -0.209. The lowest BCUT2D eigenvalue weighted by Gasteiger charge is -2.33. The van der Waals surface area contributed by atoms with Gasteiger partial charge < -0.3 is 14.5 Å². The van der Waals surface area contributed by atoms with Crippen molar-refractivity contribution in [1.29, 1.82) is 0 Å². The number of amides is 1. The molecule has 1 rings (SSSR count). The van der Waals surface area contributed by atoms with Crippen molar-refractivity contribution < 1.29 is 9.53 Å². The molecule has 72 valence electrons. The Morgan fingerprint density at radius 2 is 2.00 bits per heavy atom. The first-order valence-electron chi connectivity index (χ1n) is 4.62. The summed E-state index contributed by atoms with van der Waals surface area (Å²) in [5, 5.41) is 0. The zero-order chi connectivity index (χ0) is 9.68. The summed E-state index contributed by atoms with van der Waals surface area (Å²) in [6, 6.07) is 0. The number of carbonyl (C=O) groups excluding carboxylic acids is 1. The van der Waals surface area contributed by atoms with Crippen molar-refractivity contribution >= 4 is 13.9 Å². The molecular formula is C8H15BN2O2. The van der Waals surface area contributed by atoms with E-state index < -0.39 is 0 Å². The van der Waals surface area contributed by atoms with Gasteiger partial charge in [-0.1, -0.05) is 0 Å². The normalized spacial score (nSPS) is 18.7. The summed E-state index contributed by atoms with van der Waals surface area (Å²) in [6.07, 6.45) is 0.357. The van der Waals surface area contributed by atoms with Crippen LogP contribution in [0, 0.1) is 0 Å². The SMILES string of the molecule is [B]CN1CCN(C(=O)OCC)CC1. The molecule has 1 saturated heterocycles. The maximum atomic E-state index is 11.2. The Balaban J connectivity index is 2.28. The summed E-state index contributed by atoms with van der Waals surface area (Å²) in [6.45, 7) is 5.38. The zero-order valence-corrected chi connectivity index (χ0v) is 8.03. The third-order valence-corrected chi connectivity index (χ3v) is 2.16. The van der Waals surface area contributed by atoms with Crippen LogP contribution in [-0.2, 0) is 4.74 Å². The topological polar surface area (TPSA) is 32.8 Å². The van der Waals surface area contributed by atoms with Crippen molar-refractivity contribution in [1.82, 2.24) is 9.80 Å². The Morgan fingerprint density at radius 1 is 1.38 bits per heavy atom. The van der Waals surface area contributed by atoms with Crippen molar-refractivity contribution in [3.63, 3.8) is 0 Å². The van der Waals surface area contributed by atoms with Gasteiger partial charge in [-0.2, -0.15) is 0 Å². The molecule has 1 aliphatic heterocycles. The lowest BCUT2D eigenvalue weighted by atomic mass is 10.1. The van der Waals surface area contributed by atoms with Gasteiger partial charge in [-0.05, 0) is 13.4 Å². The van der Waals surface area contributed by atoms with Crippen LogP contribution in [-0.4, -0.2) is 63.0 Å². The van der Waals surface area contributed by atoms with Crippen LogP contribution >= 0.6 is 0 Å². The van der Waals surface area contributed by atoms with Crippen LogP contribution in [0.1, 0.15) is 6.92 Å². The molecule has 0 saturated carbocycles. The highest BCUT2D eigenvalue weighted by Crippen LogP contribution is 2.02. The van der Waals surface area contributed by atoms with Gasteiger partial charge in [0, 0.05) is 26.2 Å². The number of rotatable bonds is 2. The molecule has 0 atom stereocenters. The first kappa shape index (κ1) is 10.4. The fourth-order valence-corrected chi connectivity index (χ4v) is 1.33. The highest BCUT2D eigenvalue weighted by atomic mass is 16.6. The number of ether oxygens (including phenoxy) is 1. The second-order valence-electron chi connectivity index (χ2n) is 2.99. The highest BCUT2D eigenvalue weighted by Gasteiger charge is 2.20. The summed E-state index contributed by atoms with van der Waals surface area (Å²) in [4.78, 5) is 15.1. The number of hydrogen-bond donors (Lipinski definition) is 0. The second-order valence-corrected chi connectivity index (χ2v) is 2.99. The molecule has 1 heterocycles. The van der Waals surface area contributed by atoms with Crippen LogP contribution in [0.4, 0.5) is 4.79 Å². The van der Waals surface area contributed by atoms with E-state index in [1.807, 2.05) is 6.92 Å². The number of hydrogen-bond acceptors (Lipinski definition) is 3. The number of carbonyl (C=O) groups is 1. The third kappa shape index (κ3) is 2.92. The van der Waals surface area contributed by atoms with Gasteiger partial charge in [0.25, 0.3) is 0 Å². The molecule has 1 amide bonds. The number of nitrogens with zero attached hydrogens (tertiary/aromatic N) is 2. The molecule has 4 nitrogen and oxygen atoms in total. The summed E-state index contributed by atoms with van der Waals surface area (Å²) in [5.41, 5.74) is 0. The van der Waals surface area contributed by atoms with Gasteiger partial charge in [0.1, 0.15) is 0 Å². The van der Waals surface area contributed by atoms with Crippen molar-refractivity contribution in [2.24, 2.45) is 0 Å². The molecule has 0 aromatic heterocycles. The maximum absolute atomic E-state index is 11.2. The average molecular weight is 182 g/mol. The third-order valence-electron chi connectivity index (χ3n) is 2.16. The Hall–Kier alpha value is -0.705. The van der Waals surface area contributed by atoms with E-state index in [0.29, 0.717) is 13.1 Å². The predicted octanol–water partition coefficient (Wildman–Crippen LogP) is -0.113. The van der Waals surface area contributed by atoms with E-state index >= 15 is 0 Å². The van der Waals surface area contributed by atoms with Crippen molar-refractivity contribution in [2.75, 3.05) is 39.2 Å². The fraction of sp³-hybridized carbons (Fsp3) is 0.875. The summed E-state index contributed by atoms with van der Waals surface area (Å²) < 4.78 is 4.89. The molecule has 1 fully saturated rings. The maximum Gasteiger partial charge on any atom is 0.409 e. The van der Waals surface area contributed by atoms with Crippen LogP contribution in [0.15, 0.2) is 0 Å². The van der Waals surface area contributed by atoms with Crippen LogP contribution in [0.2, 0.25) is 0 Å². The van der Waals surface area contributed by atoms with E-state index in [1.54, 1.807) is 4.90 Å². The zero-order valence-electron chi connectivity index (χ0n) is 8.03. The van der Waals surface area contributed by atoms with Gasteiger partial charge in [-0.3, -0.25) is 0 Å². The largest absolute Gasteiger partial charge is 0.450 e. The van der Waals surface area contributed by atoms with Gasteiger partial charge in [0.05, 0.1) is 14.5 Å². The first-order valence-corrected chi connectivity index (χ1v) is 4.62. The molecule has 0 N–H and O–H groups in total. The van der Waals surface area contributed by atoms with E-state index in [9.17, 15) is 4.79 Å². The van der Waals surface area contributed by atoms with Crippen molar-refractivity contribution in [2.45, 2.75) is 6.92 Å². The van der Waals surface area contributed by atoms with Gasteiger partial charge >= 0.3 is 6.09 Å². The molecule has 0 aliphatic carbocycles. The van der Waals surface area contributed by atoms with Crippen LogP contribution < -0.4 is 0 Å². The van der Waals surface area contributed by atoms with Crippen molar-refractivity contribution in [3.05, 3.63) is 0 Å². The highest BCUT2D eigenvalue weighted by molar-refractivity contribution is 6.08. The Kier molecular flexibility index (Phi) is 4.08. The molecule has 0 bridgehead atoms.